The minimum Gasteiger partial charge on any atom is -0.317 e. The third-order valence-corrected chi connectivity index (χ3v) is 6.03. The summed E-state index contributed by atoms with van der Waals surface area (Å²) < 4.78 is 18.0. The Balaban J connectivity index is 1.47. The molecule has 0 radical (unpaired) electrons. The Hall–Kier alpha value is -3.07. The number of hydrogen-bond donors (Lipinski definition) is 2. The molecule has 0 spiro atoms. The first kappa shape index (κ1) is 18.9. The molecule has 2 amide bonds. The van der Waals surface area contributed by atoms with Crippen molar-refractivity contribution in [2.45, 2.75) is 38.3 Å². The van der Waals surface area contributed by atoms with Gasteiger partial charge in [-0.15, -0.1) is 0 Å². The molecule has 9 heteroatoms. The summed E-state index contributed by atoms with van der Waals surface area (Å²) >= 11 is 0. The summed E-state index contributed by atoms with van der Waals surface area (Å²) in [6.45, 7) is 2.90. The first-order valence-electron chi connectivity index (χ1n) is 10.3. The summed E-state index contributed by atoms with van der Waals surface area (Å²) in [5.74, 6) is -0.517. The highest BCUT2D eigenvalue weighted by Gasteiger charge is 2.30. The van der Waals surface area contributed by atoms with Gasteiger partial charge in [0, 0.05) is 30.1 Å². The van der Waals surface area contributed by atoms with E-state index >= 15 is 0 Å². The number of fused-ring (bicyclic) bond motifs is 1. The molecule has 1 aromatic carbocycles. The first-order valence-corrected chi connectivity index (χ1v) is 10.3. The molecular weight excluding hydrogens is 387 g/mol. The highest BCUT2D eigenvalue weighted by atomic mass is 19.1. The van der Waals surface area contributed by atoms with Crippen molar-refractivity contribution >= 4 is 22.7 Å². The Morgan fingerprint density at radius 3 is 2.73 bits per heavy atom. The van der Waals surface area contributed by atoms with Gasteiger partial charge in [0.25, 0.3) is 5.91 Å². The number of benzene rings is 1. The van der Waals surface area contributed by atoms with Crippen molar-refractivity contribution in [2.75, 3.05) is 13.1 Å². The molecule has 2 N–H and O–H groups in total. The van der Waals surface area contributed by atoms with Crippen molar-refractivity contribution in [1.82, 2.24) is 30.2 Å². The van der Waals surface area contributed by atoms with Crippen LogP contribution >= 0.6 is 0 Å². The molecule has 4 heterocycles. The number of halogens is 1. The van der Waals surface area contributed by atoms with E-state index in [-0.39, 0.29) is 12.3 Å². The number of nitrogens with zero attached hydrogens (tertiary/aromatic N) is 4. The zero-order chi connectivity index (χ0) is 20.7. The lowest BCUT2D eigenvalue weighted by Gasteiger charge is -2.22. The van der Waals surface area contributed by atoms with E-state index < -0.39 is 17.8 Å². The van der Waals surface area contributed by atoms with Crippen LogP contribution in [-0.2, 0) is 16.1 Å². The highest BCUT2D eigenvalue weighted by molar-refractivity contribution is 6.01. The van der Waals surface area contributed by atoms with Crippen LogP contribution in [0.1, 0.15) is 31.7 Å². The smallest absolute Gasteiger partial charge is 0.251 e. The standard InChI is InChI=1S/C21H23FN6O2/c22-15-7-16(14-9-24-27(12-14)11-13-3-5-23-6-4-13)17-10-25-28(19(17)8-15)18-1-2-20(29)26-21(18)30/h7-10,12-13,18,23H,1-6,11H2,(H,26,29,30). The second-order valence-corrected chi connectivity index (χ2v) is 8.09. The Morgan fingerprint density at radius 2 is 1.93 bits per heavy atom. The van der Waals surface area contributed by atoms with E-state index in [1.807, 2.05) is 10.9 Å². The van der Waals surface area contributed by atoms with Crippen molar-refractivity contribution in [3.63, 3.8) is 0 Å². The summed E-state index contributed by atoms with van der Waals surface area (Å²) in [4.78, 5) is 23.7. The number of hydrogen-bond acceptors (Lipinski definition) is 5. The Kier molecular flexibility index (Phi) is 4.82. The van der Waals surface area contributed by atoms with Crippen LogP contribution in [0, 0.1) is 11.7 Å². The molecular formula is C21H23FN6O2. The number of piperidine rings is 2. The Labute approximate surface area is 172 Å². The predicted octanol–water partition coefficient (Wildman–Crippen LogP) is 2.02. The van der Waals surface area contributed by atoms with E-state index in [2.05, 4.69) is 20.8 Å². The Bertz CT molecular complexity index is 1110. The first-order chi connectivity index (χ1) is 14.6. The van der Waals surface area contributed by atoms with E-state index in [0.29, 0.717) is 23.4 Å². The van der Waals surface area contributed by atoms with Crippen LogP contribution in [0.2, 0.25) is 0 Å². The van der Waals surface area contributed by atoms with Crippen LogP contribution in [0.3, 0.4) is 0 Å². The number of carbonyl (C=O) groups is 2. The maximum absolute atomic E-state index is 14.5. The fourth-order valence-electron chi connectivity index (χ4n) is 4.45. The molecule has 2 saturated heterocycles. The van der Waals surface area contributed by atoms with Crippen LogP contribution < -0.4 is 10.6 Å². The maximum atomic E-state index is 14.5. The third-order valence-electron chi connectivity index (χ3n) is 6.03. The second kappa shape index (κ2) is 7.64. The second-order valence-electron chi connectivity index (χ2n) is 8.09. The maximum Gasteiger partial charge on any atom is 0.251 e. The predicted molar refractivity (Wildman–Crippen MR) is 108 cm³/mol. The van der Waals surface area contributed by atoms with Crippen LogP contribution in [0.5, 0.6) is 0 Å². The number of amides is 2. The summed E-state index contributed by atoms with van der Waals surface area (Å²) in [6, 6.07) is 2.23. The molecule has 2 aromatic heterocycles. The quantitative estimate of drug-likeness (QED) is 0.642. The fraction of sp³-hybridized carbons (Fsp3) is 0.429. The van der Waals surface area contributed by atoms with Crippen molar-refractivity contribution in [3.8, 4) is 11.1 Å². The van der Waals surface area contributed by atoms with Gasteiger partial charge in [-0.25, -0.2) is 4.39 Å². The van der Waals surface area contributed by atoms with Crippen LogP contribution in [0.25, 0.3) is 22.0 Å². The average Bonchev–Trinajstić information content (AvgIpc) is 3.36. The van der Waals surface area contributed by atoms with Gasteiger partial charge in [-0.2, -0.15) is 10.2 Å². The monoisotopic (exact) mass is 410 g/mol. The molecule has 156 valence electrons. The van der Waals surface area contributed by atoms with Gasteiger partial charge in [0.05, 0.1) is 17.9 Å². The van der Waals surface area contributed by atoms with E-state index in [9.17, 15) is 14.0 Å². The molecule has 2 aliphatic heterocycles. The fourth-order valence-corrected chi connectivity index (χ4v) is 4.45. The lowest BCUT2D eigenvalue weighted by molar-refractivity contribution is -0.135. The molecule has 2 aliphatic rings. The van der Waals surface area contributed by atoms with Crippen LogP contribution in [-0.4, -0.2) is 44.5 Å². The third kappa shape index (κ3) is 3.49. The van der Waals surface area contributed by atoms with Gasteiger partial charge >= 0.3 is 0 Å². The lowest BCUT2D eigenvalue weighted by Crippen LogP contribution is -2.42. The van der Waals surface area contributed by atoms with Crippen molar-refractivity contribution < 1.29 is 14.0 Å². The van der Waals surface area contributed by atoms with Gasteiger partial charge in [0.15, 0.2) is 0 Å². The van der Waals surface area contributed by atoms with Crippen molar-refractivity contribution in [3.05, 3.63) is 36.5 Å². The molecule has 8 nitrogen and oxygen atoms in total. The number of aromatic nitrogens is 4. The number of rotatable bonds is 4. The van der Waals surface area contributed by atoms with Crippen LogP contribution in [0.4, 0.5) is 4.39 Å². The molecule has 30 heavy (non-hydrogen) atoms. The Morgan fingerprint density at radius 1 is 1.10 bits per heavy atom. The van der Waals surface area contributed by atoms with Gasteiger partial charge < -0.3 is 5.32 Å². The minimum absolute atomic E-state index is 0.239. The topological polar surface area (TPSA) is 93.8 Å². The van der Waals surface area contributed by atoms with E-state index in [4.69, 9.17) is 0 Å². The molecule has 5 rings (SSSR count). The normalized spacial score (nSPS) is 20.6. The van der Waals surface area contributed by atoms with E-state index in [0.717, 1.165) is 43.4 Å². The lowest BCUT2D eigenvalue weighted by atomic mass is 9.98. The number of imide groups is 1. The summed E-state index contributed by atoms with van der Waals surface area (Å²) in [6.07, 6.45) is 8.18. The number of nitrogens with one attached hydrogen (secondary N) is 2. The van der Waals surface area contributed by atoms with Crippen LogP contribution in [0.15, 0.2) is 30.7 Å². The molecule has 2 fully saturated rings. The van der Waals surface area contributed by atoms with Crippen molar-refractivity contribution in [1.29, 1.82) is 0 Å². The summed E-state index contributed by atoms with van der Waals surface area (Å²) in [7, 11) is 0. The largest absolute Gasteiger partial charge is 0.317 e. The van der Waals surface area contributed by atoms with Crippen molar-refractivity contribution in [2.24, 2.45) is 5.92 Å². The molecule has 1 unspecified atom stereocenters. The highest BCUT2D eigenvalue weighted by Crippen LogP contribution is 2.32. The molecule has 1 atom stereocenters. The molecule has 3 aromatic rings. The van der Waals surface area contributed by atoms with Gasteiger partial charge in [0.2, 0.25) is 5.91 Å². The van der Waals surface area contributed by atoms with Gasteiger partial charge in [-0.1, -0.05) is 0 Å². The van der Waals surface area contributed by atoms with E-state index in [1.165, 1.54) is 16.8 Å². The van der Waals surface area contributed by atoms with Gasteiger partial charge in [0.1, 0.15) is 11.9 Å². The SMILES string of the molecule is O=C1CCC(n2ncc3c(-c4cnn(CC5CCNCC5)c4)cc(F)cc32)C(=O)N1. The minimum atomic E-state index is -0.627. The van der Waals surface area contributed by atoms with Gasteiger partial charge in [-0.05, 0) is 56.0 Å². The number of carbonyl (C=O) groups excluding carboxylic acids is 2. The summed E-state index contributed by atoms with van der Waals surface area (Å²) in [5, 5.41) is 15.3. The summed E-state index contributed by atoms with van der Waals surface area (Å²) in [5.41, 5.74) is 2.04. The van der Waals surface area contributed by atoms with E-state index in [1.54, 1.807) is 12.4 Å². The molecule has 0 saturated carbocycles. The zero-order valence-electron chi connectivity index (χ0n) is 16.5. The molecule has 0 bridgehead atoms. The average molecular weight is 410 g/mol. The van der Waals surface area contributed by atoms with Gasteiger partial charge in [-0.3, -0.25) is 24.3 Å². The molecule has 0 aliphatic carbocycles. The zero-order valence-corrected chi connectivity index (χ0v) is 16.5.